The largest absolute Gasteiger partial charge is 0.394 e. The van der Waals surface area contributed by atoms with Crippen molar-refractivity contribution in [2.24, 2.45) is 0 Å². The highest BCUT2D eigenvalue weighted by molar-refractivity contribution is 5.21. The van der Waals surface area contributed by atoms with Gasteiger partial charge >= 0.3 is 0 Å². The summed E-state index contributed by atoms with van der Waals surface area (Å²) in [7, 11) is 0. The number of hydrogen-bond donors (Lipinski definition) is 1. The standard InChI is InChI=1S/C14H18O4/c1-14(2)17-12-10(8-15)16-11(13(12)18-14)9-6-4-3-5-7-9/h3-7,10-13,15H,8H2,1-2H3/t10-,11-,12+,13-/m1/s1. The Morgan fingerprint density at radius 3 is 2.44 bits per heavy atom. The predicted octanol–water partition coefficient (Wildman–Crippen LogP) is 1.64. The Labute approximate surface area is 106 Å². The van der Waals surface area contributed by atoms with Gasteiger partial charge in [-0.2, -0.15) is 0 Å². The third-order valence-corrected chi connectivity index (χ3v) is 3.46. The maximum Gasteiger partial charge on any atom is 0.164 e. The van der Waals surface area contributed by atoms with Gasteiger partial charge in [-0.05, 0) is 19.4 Å². The van der Waals surface area contributed by atoms with Gasteiger partial charge in [-0.1, -0.05) is 30.3 Å². The highest BCUT2D eigenvalue weighted by Gasteiger charge is 2.55. The van der Waals surface area contributed by atoms with Gasteiger partial charge in [0.2, 0.25) is 0 Å². The summed E-state index contributed by atoms with van der Waals surface area (Å²) in [5, 5.41) is 9.39. The molecule has 0 saturated carbocycles. The second kappa shape index (κ2) is 4.31. The van der Waals surface area contributed by atoms with Crippen LogP contribution in [0, 0.1) is 0 Å². The van der Waals surface area contributed by atoms with E-state index in [2.05, 4.69) is 0 Å². The lowest BCUT2D eigenvalue weighted by Gasteiger charge is -2.23. The van der Waals surface area contributed by atoms with E-state index in [0.29, 0.717) is 0 Å². The molecule has 0 aliphatic carbocycles. The molecular weight excluding hydrogens is 232 g/mol. The Balaban J connectivity index is 1.89. The van der Waals surface area contributed by atoms with Crippen molar-refractivity contribution in [2.45, 2.75) is 44.1 Å². The lowest BCUT2D eigenvalue weighted by atomic mass is 10.0. The maximum atomic E-state index is 9.39. The molecule has 4 nitrogen and oxygen atoms in total. The minimum absolute atomic E-state index is 0.0516. The summed E-state index contributed by atoms with van der Waals surface area (Å²) in [6.45, 7) is 3.73. The van der Waals surface area contributed by atoms with Gasteiger partial charge in [0, 0.05) is 0 Å². The first-order valence-electron chi connectivity index (χ1n) is 6.27. The van der Waals surface area contributed by atoms with Crippen LogP contribution in [0.3, 0.4) is 0 Å². The minimum Gasteiger partial charge on any atom is -0.394 e. The van der Waals surface area contributed by atoms with Crippen molar-refractivity contribution >= 4 is 0 Å². The molecule has 98 valence electrons. The fourth-order valence-corrected chi connectivity index (χ4v) is 2.74. The Bertz CT molecular complexity index is 417. The van der Waals surface area contributed by atoms with E-state index < -0.39 is 5.79 Å². The zero-order chi connectivity index (χ0) is 12.8. The number of aliphatic hydroxyl groups is 1. The van der Waals surface area contributed by atoms with E-state index in [9.17, 15) is 5.11 Å². The van der Waals surface area contributed by atoms with Crippen LogP contribution in [0.5, 0.6) is 0 Å². The molecule has 0 unspecified atom stereocenters. The lowest BCUT2D eigenvalue weighted by molar-refractivity contribution is -0.191. The zero-order valence-corrected chi connectivity index (χ0v) is 10.6. The summed E-state index contributed by atoms with van der Waals surface area (Å²) in [4.78, 5) is 0. The molecule has 3 rings (SSSR count). The first-order valence-corrected chi connectivity index (χ1v) is 6.27. The molecule has 18 heavy (non-hydrogen) atoms. The van der Waals surface area contributed by atoms with E-state index in [1.54, 1.807) is 0 Å². The van der Waals surface area contributed by atoms with Crippen molar-refractivity contribution in [1.29, 1.82) is 0 Å². The number of rotatable bonds is 2. The summed E-state index contributed by atoms with van der Waals surface area (Å²) in [6.07, 6.45) is -0.841. The van der Waals surface area contributed by atoms with Crippen molar-refractivity contribution in [3.63, 3.8) is 0 Å². The fraction of sp³-hybridized carbons (Fsp3) is 0.571. The Morgan fingerprint density at radius 1 is 1.11 bits per heavy atom. The van der Waals surface area contributed by atoms with Gasteiger partial charge in [-0.3, -0.25) is 0 Å². The quantitative estimate of drug-likeness (QED) is 0.867. The van der Waals surface area contributed by atoms with Crippen LogP contribution < -0.4 is 0 Å². The van der Waals surface area contributed by atoms with Gasteiger partial charge in [0.1, 0.15) is 24.4 Å². The van der Waals surface area contributed by atoms with Crippen molar-refractivity contribution < 1.29 is 19.3 Å². The molecule has 2 saturated heterocycles. The molecular formula is C14H18O4. The van der Waals surface area contributed by atoms with Crippen LogP contribution in [0.1, 0.15) is 25.5 Å². The summed E-state index contributed by atoms with van der Waals surface area (Å²) in [5.74, 6) is -0.612. The van der Waals surface area contributed by atoms with Crippen LogP contribution in [-0.4, -0.2) is 35.8 Å². The summed E-state index contributed by atoms with van der Waals surface area (Å²) in [6, 6.07) is 9.93. The number of benzene rings is 1. The van der Waals surface area contributed by atoms with Crippen LogP contribution >= 0.6 is 0 Å². The molecule has 1 aromatic carbocycles. The van der Waals surface area contributed by atoms with Crippen LogP contribution in [0.4, 0.5) is 0 Å². The first-order chi connectivity index (χ1) is 8.61. The van der Waals surface area contributed by atoms with Crippen LogP contribution in [0.15, 0.2) is 30.3 Å². The second-order valence-electron chi connectivity index (χ2n) is 5.25. The molecule has 2 aliphatic rings. The molecule has 2 heterocycles. The molecule has 0 aromatic heterocycles. The monoisotopic (exact) mass is 250 g/mol. The first kappa shape index (κ1) is 12.1. The van der Waals surface area contributed by atoms with Crippen molar-refractivity contribution in [3.8, 4) is 0 Å². The van der Waals surface area contributed by atoms with Crippen LogP contribution in [0.25, 0.3) is 0 Å². The third kappa shape index (κ3) is 1.95. The Kier molecular flexibility index (Phi) is 2.90. The van der Waals surface area contributed by atoms with Gasteiger partial charge in [0.15, 0.2) is 5.79 Å². The normalized spacial score (nSPS) is 37.7. The fourth-order valence-electron chi connectivity index (χ4n) is 2.74. The number of ether oxygens (including phenoxy) is 3. The van der Waals surface area contributed by atoms with Crippen LogP contribution in [0.2, 0.25) is 0 Å². The SMILES string of the molecule is CC1(C)O[C@@H]2[C@H](O1)[C@@H](c1ccccc1)O[C@@H]2CO. The van der Waals surface area contributed by atoms with Gasteiger partial charge in [-0.15, -0.1) is 0 Å². The van der Waals surface area contributed by atoms with E-state index in [4.69, 9.17) is 14.2 Å². The molecule has 2 aliphatic heterocycles. The summed E-state index contributed by atoms with van der Waals surface area (Å²) in [5.41, 5.74) is 1.06. The second-order valence-corrected chi connectivity index (χ2v) is 5.25. The van der Waals surface area contributed by atoms with E-state index in [1.807, 2.05) is 44.2 Å². The molecule has 2 fully saturated rings. The number of aliphatic hydroxyl groups excluding tert-OH is 1. The van der Waals surface area contributed by atoms with Crippen LogP contribution in [-0.2, 0) is 14.2 Å². The van der Waals surface area contributed by atoms with Gasteiger partial charge in [0.05, 0.1) is 6.61 Å². The highest BCUT2D eigenvalue weighted by Crippen LogP contribution is 2.44. The maximum absolute atomic E-state index is 9.39. The average Bonchev–Trinajstić information content (AvgIpc) is 2.83. The molecule has 0 bridgehead atoms. The summed E-state index contributed by atoms with van der Waals surface area (Å²) < 4.78 is 17.6. The molecule has 1 N–H and O–H groups in total. The van der Waals surface area contributed by atoms with E-state index in [1.165, 1.54) is 0 Å². The van der Waals surface area contributed by atoms with Crippen molar-refractivity contribution in [3.05, 3.63) is 35.9 Å². The Morgan fingerprint density at radius 2 is 1.78 bits per heavy atom. The van der Waals surface area contributed by atoms with E-state index in [0.717, 1.165) is 5.56 Å². The highest BCUT2D eigenvalue weighted by atomic mass is 16.8. The molecule has 1 aromatic rings. The van der Waals surface area contributed by atoms with E-state index in [-0.39, 0.29) is 31.0 Å². The molecule has 0 radical (unpaired) electrons. The van der Waals surface area contributed by atoms with Gasteiger partial charge in [0.25, 0.3) is 0 Å². The van der Waals surface area contributed by atoms with Crippen molar-refractivity contribution in [1.82, 2.24) is 0 Å². The third-order valence-electron chi connectivity index (χ3n) is 3.46. The van der Waals surface area contributed by atoms with Crippen molar-refractivity contribution in [2.75, 3.05) is 6.61 Å². The molecule has 4 heteroatoms. The predicted molar refractivity (Wildman–Crippen MR) is 65.0 cm³/mol. The lowest BCUT2D eigenvalue weighted by Crippen LogP contribution is -2.31. The zero-order valence-electron chi connectivity index (χ0n) is 10.6. The summed E-state index contributed by atoms with van der Waals surface area (Å²) >= 11 is 0. The average molecular weight is 250 g/mol. The number of hydrogen-bond acceptors (Lipinski definition) is 4. The smallest absolute Gasteiger partial charge is 0.164 e. The van der Waals surface area contributed by atoms with E-state index >= 15 is 0 Å². The molecule has 0 spiro atoms. The minimum atomic E-state index is -0.612. The van der Waals surface area contributed by atoms with Gasteiger partial charge in [-0.25, -0.2) is 0 Å². The Hall–Kier alpha value is -0.940. The van der Waals surface area contributed by atoms with Gasteiger partial charge < -0.3 is 19.3 Å². The number of fused-ring (bicyclic) bond motifs is 1. The molecule has 0 amide bonds. The topological polar surface area (TPSA) is 47.9 Å². The molecule has 4 atom stereocenters.